The number of hydrogen-bond donors (Lipinski definition) is 2. The summed E-state index contributed by atoms with van der Waals surface area (Å²) in [5, 5.41) is 7.25. The Bertz CT molecular complexity index is 614. The van der Waals surface area contributed by atoms with Crippen LogP contribution in [0.3, 0.4) is 0 Å². The van der Waals surface area contributed by atoms with Crippen LogP contribution in [-0.4, -0.2) is 18.0 Å². The first-order chi connectivity index (χ1) is 10.2. The topological polar surface area (TPSA) is 49.3 Å². The molecule has 118 valence electrons. The minimum atomic E-state index is 0. The maximum absolute atomic E-state index is 5.87. The normalized spacial score (nSPS) is 10.8. The lowest BCUT2D eigenvalue weighted by atomic mass is 10.2. The Morgan fingerprint density at radius 2 is 1.77 bits per heavy atom. The Labute approximate surface area is 153 Å². The van der Waals surface area contributed by atoms with Crippen molar-refractivity contribution in [3.63, 3.8) is 0 Å². The van der Waals surface area contributed by atoms with Crippen LogP contribution < -0.4 is 10.6 Å². The van der Waals surface area contributed by atoms with E-state index >= 15 is 0 Å². The van der Waals surface area contributed by atoms with Crippen LogP contribution in [0.2, 0.25) is 5.02 Å². The number of nitrogens with zero attached hydrogens (tertiary/aromatic N) is 2. The van der Waals surface area contributed by atoms with Crippen LogP contribution in [0, 0.1) is 6.92 Å². The van der Waals surface area contributed by atoms with Gasteiger partial charge in [-0.1, -0.05) is 29.8 Å². The molecule has 0 saturated heterocycles. The second-order valence-corrected chi connectivity index (χ2v) is 5.11. The first-order valence-corrected chi connectivity index (χ1v) is 7.16. The van der Waals surface area contributed by atoms with E-state index in [1.807, 2.05) is 49.4 Å². The summed E-state index contributed by atoms with van der Waals surface area (Å²) < 4.78 is 0. The molecule has 0 aliphatic carbocycles. The lowest BCUT2D eigenvalue weighted by Gasteiger charge is -2.12. The Kier molecular flexibility index (Phi) is 8.19. The summed E-state index contributed by atoms with van der Waals surface area (Å²) in [5.74, 6) is 0.744. The molecule has 1 aromatic heterocycles. The summed E-state index contributed by atoms with van der Waals surface area (Å²) in [4.78, 5) is 8.65. The van der Waals surface area contributed by atoms with E-state index in [4.69, 9.17) is 11.6 Å². The number of aromatic nitrogens is 1. The molecule has 6 heteroatoms. The number of pyridine rings is 1. The second kappa shape index (κ2) is 9.63. The molecule has 1 heterocycles. The molecule has 0 fully saturated rings. The molecule has 0 amide bonds. The van der Waals surface area contributed by atoms with E-state index in [-0.39, 0.29) is 24.0 Å². The molecule has 1 aromatic carbocycles. The monoisotopic (exact) mass is 430 g/mol. The van der Waals surface area contributed by atoms with Crippen molar-refractivity contribution in [2.24, 2.45) is 4.99 Å². The van der Waals surface area contributed by atoms with E-state index in [9.17, 15) is 0 Å². The van der Waals surface area contributed by atoms with Crippen molar-refractivity contribution < 1.29 is 0 Å². The average Bonchev–Trinajstić information content (AvgIpc) is 2.49. The first-order valence-electron chi connectivity index (χ1n) is 6.79. The van der Waals surface area contributed by atoms with Gasteiger partial charge in [0, 0.05) is 24.3 Å². The summed E-state index contributed by atoms with van der Waals surface area (Å²) >= 11 is 5.87. The van der Waals surface area contributed by atoms with Crippen LogP contribution in [0.4, 0.5) is 0 Å². The standard InChI is InChI=1S/C16H19ClN4.HI/c1-12-4-3-5-15(21-12)11-20-16(18-2)19-10-13-6-8-14(17)9-7-13;/h3-9H,10-11H2,1-2H3,(H2,18,19,20);1H. The van der Waals surface area contributed by atoms with Crippen molar-refractivity contribution in [3.8, 4) is 0 Å². The summed E-state index contributed by atoms with van der Waals surface area (Å²) in [5.41, 5.74) is 3.15. The number of aliphatic imine (C=N–C) groups is 1. The number of halogens is 2. The molecule has 0 unspecified atom stereocenters. The number of nitrogens with one attached hydrogen (secondary N) is 2. The van der Waals surface area contributed by atoms with E-state index < -0.39 is 0 Å². The maximum atomic E-state index is 5.87. The van der Waals surface area contributed by atoms with Gasteiger partial charge in [0.1, 0.15) is 0 Å². The van der Waals surface area contributed by atoms with Crippen molar-refractivity contribution >= 4 is 41.5 Å². The molecule has 0 radical (unpaired) electrons. The quantitative estimate of drug-likeness (QED) is 0.443. The van der Waals surface area contributed by atoms with Gasteiger partial charge in [0.2, 0.25) is 0 Å². The highest BCUT2D eigenvalue weighted by atomic mass is 127. The highest BCUT2D eigenvalue weighted by Gasteiger charge is 2.00. The van der Waals surface area contributed by atoms with Gasteiger partial charge >= 0.3 is 0 Å². The van der Waals surface area contributed by atoms with Gasteiger partial charge in [0.05, 0.1) is 12.2 Å². The zero-order chi connectivity index (χ0) is 15.1. The van der Waals surface area contributed by atoms with Gasteiger partial charge in [0.25, 0.3) is 0 Å². The SMILES string of the molecule is CN=C(NCc1ccc(Cl)cc1)NCc1cccc(C)n1.I. The molecule has 22 heavy (non-hydrogen) atoms. The van der Waals surface area contributed by atoms with Crippen molar-refractivity contribution in [3.05, 3.63) is 64.4 Å². The Balaban J connectivity index is 0.00000242. The third-order valence-electron chi connectivity index (χ3n) is 2.98. The fraction of sp³-hybridized carbons (Fsp3) is 0.250. The molecule has 0 saturated carbocycles. The van der Waals surface area contributed by atoms with E-state index in [0.717, 1.165) is 27.9 Å². The van der Waals surface area contributed by atoms with Crippen molar-refractivity contribution in [2.75, 3.05) is 7.05 Å². The highest BCUT2D eigenvalue weighted by molar-refractivity contribution is 14.0. The third kappa shape index (κ3) is 6.19. The van der Waals surface area contributed by atoms with Gasteiger partial charge in [-0.05, 0) is 36.8 Å². The minimum absolute atomic E-state index is 0. The Morgan fingerprint density at radius 3 is 2.41 bits per heavy atom. The number of guanidine groups is 1. The van der Waals surface area contributed by atoms with Crippen LogP contribution in [-0.2, 0) is 13.1 Å². The van der Waals surface area contributed by atoms with Crippen molar-refractivity contribution in [1.29, 1.82) is 0 Å². The lowest BCUT2D eigenvalue weighted by Crippen LogP contribution is -2.36. The molecule has 2 aromatic rings. The van der Waals surface area contributed by atoms with Gasteiger partial charge < -0.3 is 10.6 Å². The fourth-order valence-corrected chi connectivity index (χ4v) is 2.01. The number of aryl methyl sites for hydroxylation is 1. The first kappa shape index (κ1) is 18.7. The van der Waals surface area contributed by atoms with E-state index in [2.05, 4.69) is 20.6 Å². The predicted molar refractivity (Wildman–Crippen MR) is 103 cm³/mol. The second-order valence-electron chi connectivity index (χ2n) is 4.68. The van der Waals surface area contributed by atoms with Gasteiger partial charge in [-0.3, -0.25) is 9.98 Å². The largest absolute Gasteiger partial charge is 0.352 e. The third-order valence-corrected chi connectivity index (χ3v) is 3.23. The van der Waals surface area contributed by atoms with Crippen LogP contribution in [0.15, 0.2) is 47.5 Å². The smallest absolute Gasteiger partial charge is 0.191 e. The zero-order valence-electron chi connectivity index (χ0n) is 12.6. The molecular weight excluding hydrogens is 411 g/mol. The number of rotatable bonds is 4. The van der Waals surface area contributed by atoms with Crippen LogP contribution in [0.5, 0.6) is 0 Å². The van der Waals surface area contributed by atoms with Crippen molar-refractivity contribution in [2.45, 2.75) is 20.0 Å². The minimum Gasteiger partial charge on any atom is -0.352 e. The lowest BCUT2D eigenvalue weighted by molar-refractivity contribution is 0.791. The predicted octanol–water partition coefficient (Wildman–Crippen LogP) is 3.53. The molecule has 0 bridgehead atoms. The molecule has 0 atom stereocenters. The number of benzene rings is 1. The Morgan fingerprint density at radius 1 is 1.09 bits per heavy atom. The van der Waals surface area contributed by atoms with E-state index in [1.165, 1.54) is 0 Å². The molecular formula is C16H20ClIN4. The maximum Gasteiger partial charge on any atom is 0.191 e. The molecule has 2 rings (SSSR count). The summed E-state index contributed by atoms with van der Waals surface area (Å²) in [6.07, 6.45) is 0. The average molecular weight is 431 g/mol. The molecule has 0 aliphatic rings. The van der Waals surface area contributed by atoms with E-state index in [0.29, 0.717) is 13.1 Å². The van der Waals surface area contributed by atoms with Gasteiger partial charge in [0.15, 0.2) is 5.96 Å². The van der Waals surface area contributed by atoms with Crippen LogP contribution >= 0.6 is 35.6 Å². The summed E-state index contributed by atoms with van der Waals surface area (Å²) in [6, 6.07) is 13.7. The van der Waals surface area contributed by atoms with Gasteiger partial charge in [-0.15, -0.1) is 24.0 Å². The zero-order valence-corrected chi connectivity index (χ0v) is 15.7. The summed E-state index contributed by atoms with van der Waals surface area (Å²) in [7, 11) is 1.75. The fourth-order valence-electron chi connectivity index (χ4n) is 1.88. The summed E-state index contributed by atoms with van der Waals surface area (Å²) in [6.45, 7) is 3.32. The highest BCUT2D eigenvalue weighted by Crippen LogP contribution is 2.09. The van der Waals surface area contributed by atoms with Crippen molar-refractivity contribution in [1.82, 2.24) is 15.6 Å². The number of hydrogen-bond acceptors (Lipinski definition) is 2. The van der Waals surface area contributed by atoms with Crippen LogP contribution in [0.1, 0.15) is 17.0 Å². The van der Waals surface area contributed by atoms with Gasteiger partial charge in [-0.25, -0.2) is 0 Å². The molecule has 2 N–H and O–H groups in total. The van der Waals surface area contributed by atoms with E-state index in [1.54, 1.807) is 7.05 Å². The van der Waals surface area contributed by atoms with Crippen LogP contribution in [0.25, 0.3) is 0 Å². The molecule has 4 nitrogen and oxygen atoms in total. The molecule has 0 spiro atoms. The Hall–Kier alpha value is -1.34. The molecule has 0 aliphatic heterocycles. The van der Waals surface area contributed by atoms with Gasteiger partial charge in [-0.2, -0.15) is 0 Å².